The lowest BCUT2D eigenvalue weighted by Crippen LogP contribution is -2.41. The second kappa shape index (κ2) is 6.68. The lowest BCUT2D eigenvalue weighted by molar-refractivity contribution is 0.121. The highest BCUT2D eigenvalue weighted by atomic mass is 32.2. The van der Waals surface area contributed by atoms with Crippen molar-refractivity contribution in [2.24, 2.45) is 5.92 Å². The molecule has 1 fully saturated rings. The minimum Gasteiger partial charge on any atom is -0.392 e. The number of aliphatic hydroxyl groups is 1. The number of hydrogen-bond donors (Lipinski definition) is 2. The number of piperidine rings is 1. The Hall–Kier alpha value is -0.170. The SMILES string of the molecule is CCNCC(O)CC1CCCN(S(C)(=O)=O)C1. The molecule has 0 saturated carbocycles. The van der Waals surface area contributed by atoms with Crippen LogP contribution in [0.15, 0.2) is 0 Å². The molecule has 17 heavy (non-hydrogen) atoms. The Balaban J connectivity index is 2.39. The molecule has 1 aliphatic rings. The molecular formula is C11H24N2O3S. The van der Waals surface area contributed by atoms with Crippen molar-refractivity contribution < 1.29 is 13.5 Å². The van der Waals surface area contributed by atoms with Gasteiger partial charge >= 0.3 is 0 Å². The first-order chi connectivity index (χ1) is 7.93. The lowest BCUT2D eigenvalue weighted by Gasteiger charge is -2.32. The van der Waals surface area contributed by atoms with E-state index in [2.05, 4.69) is 5.32 Å². The summed E-state index contributed by atoms with van der Waals surface area (Å²) < 4.78 is 24.4. The van der Waals surface area contributed by atoms with Crippen LogP contribution in [0.25, 0.3) is 0 Å². The van der Waals surface area contributed by atoms with Crippen LogP contribution < -0.4 is 5.32 Å². The van der Waals surface area contributed by atoms with Gasteiger partial charge in [0.15, 0.2) is 0 Å². The Bertz CT molecular complexity index is 319. The maximum atomic E-state index is 11.4. The Morgan fingerprint density at radius 1 is 1.53 bits per heavy atom. The number of sulfonamides is 1. The van der Waals surface area contributed by atoms with Gasteiger partial charge in [-0.2, -0.15) is 0 Å². The predicted molar refractivity (Wildman–Crippen MR) is 68.3 cm³/mol. The van der Waals surface area contributed by atoms with Crippen LogP contribution >= 0.6 is 0 Å². The number of rotatable bonds is 6. The van der Waals surface area contributed by atoms with Gasteiger partial charge < -0.3 is 10.4 Å². The Morgan fingerprint density at radius 3 is 2.82 bits per heavy atom. The molecule has 1 heterocycles. The third kappa shape index (κ3) is 5.33. The summed E-state index contributed by atoms with van der Waals surface area (Å²) in [5.41, 5.74) is 0. The summed E-state index contributed by atoms with van der Waals surface area (Å²) >= 11 is 0. The highest BCUT2D eigenvalue weighted by Crippen LogP contribution is 2.22. The number of aliphatic hydroxyl groups excluding tert-OH is 1. The molecule has 0 amide bonds. The third-order valence-electron chi connectivity index (χ3n) is 3.19. The first kappa shape index (κ1) is 14.9. The summed E-state index contributed by atoms with van der Waals surface area (Å²) in [7, 11) is -3.08. The van der Waals surface area contributed by atoms with Crippen molar-refractivity contribution in [3.8, 4) is 0 Å². The van der Waals surface area contributed by atoms with Crippen LogP contribution in [-0.4, -0.2) is 56.4 Å². The molecule has 0 aromatic heterocycles. The molecule has 1 rings (SSSR count). The molecule has 2 unspecified atom stereocenters. The molecule has 102 valence electrons. The van der Waals surface area contributed by atoms with Gasteiger partial charge in [0, 0.05) is 19.6 Å². The molecule has 0 aromatic rings. The van der Waals surface area contributed by atoms with E-state index in [1.807, 2.05) is 6.92 Å². The highest BCUT2D eigenvalue weighted by molar-refractivity contribution is 7.88. The third-order valence-corrected chi connectivity index (χ3v) is 4.46. The number of hydrogen-bond acceptors (Lipinski definition) is 4. The quantitative estimate of drug-likeness (QED) is 0.709. The number of likely N-dealkylation sites (N-methyl/N-ethyl adjacent to an activating group) is 1. The van der Waals surface area contributed by atoms with Crippen molar-refractivity contribution in [3.05, 3.63) is 0 Å². The Kier molecular flexibility index (Phi) is 5.85. The van der Waals surface area contributed by atoms with E-state index < -0.39 is 10.0 Å². The van der Waals surface area contributed by atoms with Crippen molar-refractivity contribution in [2.45, 2.75) is 32.3 Å². The van der Waals surface area contributed by atoms with Gasteiger partial charge in [-0.05, 0) is 31.7 Å². The van der Waals surface area contributed by atoms with E-state index in [1.165, 1.54) is 10.6 Å². The molecule has 2 atom stereocenters. The summed E-state index contributed by atoms with van der Waals surface area (Å²) in [5.74, 6) is 0.284. The molecule has 0 spiro atoms. The lowest BCUT2D eigenvalue weighted by atomic mass is 9.93. The zero-order valence-corrected chi connectivity index (χ0v) is 11.5. The highest BCUT2D eigenvalue weighted by Gasteiger charge is 2.26. The first-order valence-corrected chi connectivity index (χ1v) is 8.12. The molecule has 0 aromatic carbocycles. The van der Waals surface area contributed by atoms with Gasteiger partial charge in [-0.15, -0.1) is 0 Å². The van der Waals surface area contributed by atoms with Crippen molar-refractivity contribution >= 4 is 10.0 Å². The van der Waals surface area contributed by atoms with E-state index in [-0.39, 0.29) is 12.0 Å². The Labute approximate surface area is 104 Å². The van der Waals surface area contributed by atoms with Crippen molar-refractivity contribution in [3.63, 3.8) is 0 Å². The van der Waals surface area contributed by atoms with E-state index in [0.717, 1.165) is 19.4 Å². The fourth-order valence-corrected chi connectivity index (χ4v) is 3.24. The zero-order valence-electron chi connectivity index (χ0n) is 10.7. The number of nitrogens with one attached hydrogen (secondary N) is 1. The zero-order chi connectivity index (χ0) is 12.9. The van der Waals surface area contributed by atoms with Crippen molar-refractivity contribution in [1.82, 2.24) is 9.62 Å². The smallest absolute Gasteiger partial charge is 0.211 e. The first-order valence-electron chi connectivity index (χ1n) is 6.27. The summed E-state index contributed by atoms with van der Waals surface area (Å²) in [5, 5.41) is 12.9. The van der Waals surface area contributed by atoms with Gasteiger partial charge in [0.25, 0.3) is 0 Å². The van der Waals surface area contributed by atoms with E-state index in [4.69, 9.17) is 0 Å². The molecular weight excluding hydrogens is 240 g/mol. The molecule has 1 aliphatic heterocycles. The van der Waals surface area contributed by atoms with Crippen LogP contribution in [0, 0.1) is 5.92 Å². The standard InChI is InChI=1S/C11H24N2O3S/c1-3-12-8-11(14)7-10-5-4-6-13(9-10)17(2,15)16/h10-12,14H,3-9H2,1-2H3. The fourth-order valence-electron chi connectivity index (χ4n) is 2.30. The van der Waals surface area contributed by atoms with Gasteiger partial charge in [-0.25, -0.2) is 12.7 Å². The summed E-state index contributed by atoms with van der Waals surface area (Å²) in [6.07, 6.45) is 3.46. The molecule has 0 bridgehead atoms. The second-order valence-electron chi connectivity index (χ2n) is 4.83. The van der Waals surface area contributed by atoms with E-state index >= 15 is 0 Å². The van der Waals surface area contributed by atoms with Crippen molar-refractivity contribution in [2.75, 3.05) is 32.4 Å². The molecule has 0 aliphatic carbocycles. The predicted octanol–water partition coefficient (Wildman–Crippen LogP) is 0.0185. The molecule has 5 nitrogen and oxygen atoms in total. The Morgan fingerprint density at radius 2 is 2.24 bits per heavy atom. The monoisotopic (exact) mass is 264 g/mol. The van der Waals surface area contributed by atoms with E-state index in [9.17, 15) is 13.5 Å². The normalized spacial score (nSPS) is 24.8. The van der Waals surface area contributed by atoms with Crippen LogP contribution in [0.1, 0.15) is 26.2 Å². The summed E-state index contributed by atoms with van der Waals surface area (Å²) in [4.78, 5) is 0. The summed E-state index contributed by atoms with van der Waals surface area (Å²) in [6, 6.07) is 0. The largest absolute Gasteiger partial charge is 0.392 e. The molecule has 1 saturated heterocycles. The van der Waals surface area contributed by atoms with Gasteiger partial charge in [-0.1, -0.05) is 6.92 Å². The van der Waals surface area contributed by atoms with Crippen LogP contribution in [0.2, 0.25) is 0 Å². The van der Waals surface area contributed by atoms with Crippen molar-refractivity contribution in [1.29, 1.82) is 0 Å². The van der Waals surface area contributed by atoms with Crippen LogP contribution in [0.4, 0.5) is 0 Å². The van der Waals surface area contributed by atoms with Gasteiger partial charge in [0.2, 0.25) is 10.0 Å². The van der Waals surface area contributed by atoms with Gasteiger partial charge in [-0.3, -0.25) is 0 Å². The number of nitrogens with zero attached hydrogens (tertiary/aromatic N) is 1. The van der Waals surface area contributed by atoms with Crippen LogP contribution in [0.3, 0.4) is 0 Å². The van der Waals surface area contributed by atoms with Gasteiger partial charge in [0.1, 0.15) is 0 Å². The second-order valence-corrected chi connectivity index (χ2v) is 6.81. The van der Waals surface area contributed by atoms with Gasteiger partial charge in [0.05, 0.1) is 12.4 Å². The minimum atomic E-state index is -3.08. The van der Waals surface area contributed by atoms with Crippen LogP contribution in [-0.2, 0) is 10.0 Å². The van der Waals surface area contributed by atoms with Crippen LogP contribution in [0.5, 0.6) is 0 Å². The molecule has 0 radical (unpaired) electrons. The van der Waals surface area contributed by atoms with E-state index in [0.29, 0.717) is 26.1 Å². The molecule has 2 N–H and O–H groups in total. The average molecular weight is 264 g/mol. The van der Waals surface area contributed by atoms with E-state index in [1.54, 1.807) is 0 Å². The maximum absolute atomic E-state index is 11.4. The summed E-state index contributed by atoms with van der Waals surface area (Å²) in [6.45, 7) is 4.61. The fraction of sp³-hybridized carbons (Fsp3) is 1.00. The molecule has 6 heteroatoms. The average Bonchev–Trinajstić information content (AvgIpc) is 2.25. The topological polar surface area (TPSA) is 69.6 Å². The maximum Gasteiger partial charge on any atom is 0.211 e. The minimum absolute atomic E-state index is 0.284.